The van der Waals surface area contributed by atoms with E-state index in [1.54, 1.807) is 0 Å². The molecule has 5 nitrogen and oxygen atoms in total. The SMILES string of the molecule is O=C(CCN1CCCCC1)NCCN1CCOCC1. The molecule has 2 saturated heterocycles. The Bertz CT molecular complexity index is 261. The number of amides is 1. The Balaban J connectivity index is 1.49. The summed E-state index contributed by atoms with van der Waals surface area (Å²) in [5, 5.41) is 3.02. The summed E-state index contributed by atoms with van der Waals surface area (Å²) >= 11 is 0. The van der Waals surface area contributed by atoms with Gasteiger partial charge >= 0.3 is 0 Å². The van der Waals surface area contributed by atoms with E-state index in [1.165, 1.54) is 32.4 Å². The number of carbonyl (C=O) groups is 1. The zero-order valence-corrected chi connectivity index (χ0v) is 11.9. The molecule has 0 aromatic carbocycles. The van der Waals surface area contributed by atoms with Crippen molar-refractivity contribution in [3.05, 3.63) is 0 Å². The third-order valence-corrected chi connectivity index (χ3v) is 3.96. The normalized spacial score (nSPS) is 22.3. The maximum absolute atomic E-state index is 11.7. The minimum atomic E-state index is 0.193. The van der Waals surface area contributed by atoms with Crippen molar-refractivity contribution in [2.45, 2.75) is 25.7 Å². The van der Waals surface area contributed by atoms with Gasteiger partial charge in [0.25, 0.3) is 0 Å². The van der Waals surface area contributed by atoms with Crippen LogP contribution in [0.25, 0.3) is 0 Å². The molecule has 1 N–H and O–H groups in total. The zero-order chi connectivity index (χ0) is 13.3. The highest BCUT2D eigenvalue weighted by atomic mass is 16.5. The summed E-state index contributed by atoms with van der Waals surface area (Å²) in [4.78, 5) is 16.5. The molecule has 0 radical (unpaired) electrons. The van der Waals surface area contributed by atoms with Crippen molar-refractivity contribution >= 4 is 5.91 Å². The van der Waals surface area contributed by atoms with Gasteiger partial charge in [-0.1, -0.05) is 6.42 Å². The maximum Gasteiger partial charge on any atom is 0.221 e. The van der Waals surface area contributed by atoms with Crippen LogP contribution < -0.4 is 5.32 Å². The van der Waals surface area contributed by atoms with Gasteiger partial charge in [0, 0.05) is 39.1 Å². The van der Waals surface area contributed by atoms with Gasteiger partial charge in [0.15, 0.2) is 0 Å². The van der Waals surface area contributed by atoms with Crippen molar-refractivity contribution in [2.75, 3.05) is 59.0 Å². The second kappa shape index (κ2) is 8.51. The molecule has 5 heteroatoms. The smallest absolute Gasteiger partial charge is 0.221 e. The van der Waals surface area contributed by atoms with Crippen molar-refractivity contribution in [3.8, 4) is 0 Å². The molecular weight excluding hydrogens is 242 g/mol. The summed E-state index contributed by atoms with van der Waals surface area (Å²) in [5.74, 6) is 0.193. The first-order valence-electron chi connectivity index (χ1n) is 7.64. The largest absolute Gasteiger partial charge is 0.379 e. The number of piperidine rings is 1. The number of morpholine rings is 1. The third kappa shape index (κ3) is 5.89. The standard InChI is InChI=1S/C14H27N3O2/c18-14(4-8-16-6-2-1-3-7-16)15-5-9-17-10-12-19-13-11-17/h1-13H2,(H,15,18). The van der Waals surface area contributed by atoms with E-state index in [2.05, 4.69) is 15.1 Å². The van der Waals surface area contributed by atoms with Crippen LogP contribution in [0.5, 0.6) is 0 Å². The van der Waals surface area contributed by atoms with E-state index in [-0.39, 0.29) is 5.91 Å². The molecule has 2 aliphatic heterocycles. The highest BCUT2D eigenvalue weighted by molar-refractivity contribution is 5.76. The van der Waals surface area contributed by atoms with Crippen LogP contribution in [0.3, 0.4) is 0 Å². The van der Waals surface area contributed by atoms with Gasteiger partial charge in [-0.2, -0.15) is 0 Å². The number of nitrogens with zero attached hydrogens (tertiary/aromatic N) is 2. The van der Waals surface area contributed by atoms with Crippen LogP contribution in [-0.4, -0.2) is 74.7 Å². The van der Waals surface area contributed by atoms with Crippen molar-refractivity contribution in [1.29, 1.82) is 0 Å². The summed E-state index contributed by atoms with van der Waals surface area (Å²) in [7, 11) is 0. The number of rotatable bonds is 6. The average Bonchev–Trinajstić information content (AvgIpc) is 2.47. The fourth-order valence-corrected chi connectivity index (χ4v) is 2.71. The Morgan fingerprint density at radius 1 is 0.947 bits per heavy atom. The zero-order valence-electron chi connectivity index (χ0n) is 11.9. The van der Waals surface area contributed by atoms with E-state index in [0.717, 1.165) is 45.9 Å². The topological polar surface area (TPSA) is 44.8 Å². The summed E-state index contributed by atoms with van der Waals surface area (Å²) in [6, 6.07) is 0. The number of hydrogen-bond acceptors (Lipinski definition) is 4. The van der Waals surface area contributed by atoms with Gasteiger partial charge in [-0.3, -0.25) is 9.69 Å². The molecule has 0 bridgehead atoms. The molecule has 0 unspecified atom stereocenters. The number of hydrogen-bond donors (Lipinski definition) is 1. The van der Waals surface area contributed by atoms with E-state index >= 15 is 0 Å². The molecule has 0 spiro atoms. The van der Waals surface area contributed by atoms with Crippen LogP contribution in [-0.2, 0) is 9.53 Å². The predicted octanol–water partition coefficient (Wildman–Crippen LogP) is 0.311. The van der Waals surface area contributed by atoms with Crippen molar-refractivity contribution < 1.29 is 9.53 Å². The van der Waals surface area contributed by atoms with E-state index in [1.807, 2.05) is 0 Å². The highest BCUT2D eigenvalue weighted by Gasteiger charge is 2.12. The number of likely N-dealkylation sites (tertiary alicyclic amines) is 1. The molecule has 0 aliphatic carbocycles. The van der Waals surface area contributed by atoms with Gasteiger partial charge in [-0.05, 0) is 25.9 Å². The van der Waals surface area contributed by atoms with Crippen LogP contribution in [0.15, 0.2) is 0 Å². The number of carbonyl (C=O) groups excluding carboxylic acids is 1. The summed E-state index contributed by atoms with van der Waals surface area (Å²) in [6.45, 7) is 8.59. The lowest BCUT2D eigenvalue weighted by Crippen LogP contribution is -2.42. The quantitative estimate of drug-likeness (QED) is 0.754. The van der Waals surface area contributed by atoms with Crippen LogP contribution >= 0.6 is 0 Å². The van der Waals surface area contributed by atoms with Gasteiger partial charge in [-0.15, -0.1) is 0 Å². The molecule has 0 aromatic rings. The molecule has 0 aromatic heterocycles. The fraction of sp³-hybridized carbons (Fsp3) is 0.929. The molecule has 0 saturated carbocycles. The number of nitrogens with one attached hydrogen (secondary N) is 1. The van der Waals surface area contributed by atoms with Gasteiger partial charge in [-0.25, -0.2) is 0 Å². The van der Waals surface area contributed by atoms with Gasteiger partial charge in [0.05, 0.1) is 13.2 Å². The Morgan fingerprint density at radius 3 is 2.37 bits per heavy atom. The molecular formula is C14H27N3O2. The second-order valence-corrected chi connectivity index (χ2v) is 5.46. The molecule has 2 aliphatic rings. The highest BCUT2D eigenvalue weighted by Crippen LogP contribution is 2.08. The Labute approximate surface area is 116 Å². The van der Waals surface area contributed by atoms with E-state index < -0.39 is 0 Å². The third-order valence-electron chi connectivity index (χ3n) is 3.96. The molecule has 1 amide bonds. The molecule has 2 heterocycles. The molecule has 2 fully saturated rings. The molecule has 110 valence electrons. The Morgan fingerprint density at radius 2 is 1.63 bits per heavy atom. The van der Waals surface area contributed by atoms with Crippen LogP contribution in [0, 0.1) is 0 Å². The molecule has 2 rings (SSSR count). The van der Waals surface area contributed by atoms with E-state index in [4.69, 9.17) is 4.74 Å². The van der Waals surface area contributed by atoms with Gasteiger partial charge in [0.2, 0.25) is 5.91 Å². The van der Waals surface area contributed by atoms with Crippen LogP contribution in [0.2, 0.25) is 0 Å². The minimum absolute atomic E-state index is 0.193. The molecule has 19 heavy (non-hydrogen) atoms. The monoisotopic (exact) mass is 269 g/mol. The average molecular weight is 269 g/mol. The van der Waals surface area contributed by atoms with Crippen LogP contribution in [0.4, 0.5) is 0 Å². The summed E-state index contributed by atoms with van der Waals surface area (Å²) in [5.41, 5.74) is 0. The van der Waals surface area contributed by atoms with Crippen molar-refractivity contribution in [3.63, 3.8) is 0 Å². The van der Waals surface area contributed by atoms with Crippen molar-refractivity contribution in [1.82, 2.24) is 15.1 Å². The van der Waals surface area contributed by atoms with E-state index in [0.29, 0.717) is 6.42 Å². The lowest BCUT2D eigenvalue weighted by atomic mass is 10.1. The van der Waals surface area contributed by atoms with Gasteiger partial charge in [0.1, 0.15) is 0 Å². The fourth-order valence-electron chi connectivity index (χ4n) is 2.71. The second-order valence-electron chi connectivity index (χ2n) is 5.46. The first-order chi connectivity index (χ1) is 9.34. The number of ether oxygens (including phenoxy) is 1. The molecule has 0 atom stereocenters. The van der Waals surface area contributed by atoms with E-state index in [9.17, 15) is 4.79 Å². The Hall–Kier alpha value is -0.650. The first-order valence-corrected chi connectivity index (χ1v) is 7.64. The van der Waals surface area contributed by atoms with Crippen molar-refractivity contribution in [2.24, 2.45) is 0 Å². The van der Waals surface area contributed by atoms with Gasteiger partial charge < -0.3 is 15.0 Å². The predicted molar refractivity (Wildman–Crippen MR) is 75.2 cm³/mol. The van der Waals surface area contributed by atoms with Crippen LogP contribution in [0.1, 0.15) is 25.7 Å². The summed E-state index contributed by atoms with van der Waals surface area (Å²) < 4.78 is 5.30. The Kier molecular flexibility index (Phi) is 6.61. The minimum Gasteiger partial charge on any atom is -0.379 e. The summed E-state index contributed by atoms with van der Waals surface area (Å²) in [6.07, 6.45) is 4.57. The first kappa shape index (κ1) is 14.8. The lowest BCUT2D eigenvalue weighted by Gasteiger charge is -2.27. The maximum atomic E-state index is 11.7. The lowest BCUT2D eigenvalue weighted by molar-refractivity contribution is -0.121.